The summed E-state index contributed by atoms with van der Waals surface area (Å²) in [7, 11) is 0. The SMILES string of the molecule is CC(C)c1cccc2ccc(OS(=O)O)c-2c1. The van der Waals surface area contributed by atoms with Gasteiger partial charge in [0.15, 0.2) is 0 Å². The van der Waals surface area contributed by atoms with E-state index in [2.05, 4.69) is 13.8 Å². The zero-order valence-corrected chi connectivity index (χ0v) is 10.5. The van der Waals surface area contributed by atoms with Crippen molar-refractivity contribution in [3.05, 3.63) is 42.0 Å². The molecule has 1 atom stereocenters. The highest BCUT2D eigenvalue weighted by Gasteiger charge is 2.12. The van der Waals surface area contributed by atoms with Gasteiger partial charge >= 0.3 is 11.4 Å². The molecular formula is C13H14O3S. The van der Waals surface area contributed by atoms with Crippen LogP contribution in [0.25, 0.3) is 11.1 Å². The number of hydrogen-bond acceptors (Lipinski definition) is 2. The van der Waals surface area contributed by atoms with Gasteiger partial charge in [0, 0.05) is 5.56 Å². The minimum atomic E-state index is -2.28. The summed E-state index contributed by atoms with van der Waals surface area (Å²) < 4.78 is 24.3. The molecule has 0 aromatic heterocycles. The predicted molar refractivity (Wildman–Crippen MR) is 68.6 cm³/mol. The second kappa shape index (κ2) is 4.85. The van der Waals surface area contributed by atoms with Crippen LogP contribution in [0.3, 0.4) is 0 Å². The van der Waals surface area contributed by atoms with Crippen molar-refractivity contribution < 1.29 is 12.9 Å². The Kier molecular flexibility index (Phi) is 3.45. The summed E-state index contributed by atoms with van der Waals surface area (Å²) in [6.07, 6.45) is 0. The molecule has 0 aromatic rings. The molecule has 0 radical (unpaired) electrons. The van der Waals surface area contributed by atoms with Gasteiger partial charge < -0.3 is 4.18 Å². The molecule has 0 bridgehead atoms. The molecule has 0 aliphatic heterocycles. The fourth-order valence-corrected chi connectivity index (χ4v) is 2.07. The first kappa shape index (κ1) is 12.1. The summed E-state index contributed by atoms with van der Waals surface area (Å²) >= 11 is -2.28. The molecule has 90 valence electrons. The fourth-order valence-electron chi connectivity index (χ4n) is 1.77. The fraction of sp³-hybridized carbons (Fsp3) is 0.231. The van der Waals surface area contributed by atoms with Crippen LogP contribution in [0, 0.1) is 0 Å². The van der Waals surface area contributed by atoms with E-state index in [0.717, 1.165) is 11.1 Å². The van der Waals surface area contributed by atoms with Crippen LogP contribution in [0.4, 0.5) is 0 Å². The minimum Gasteiger partial charge on any atom is -0.379 e. The van der Waals surface area contributed by atoms with Crippen LogP contribution in [0.1, 0.15) is 25.3 Å². The predicted octanol–water partition coefficient (Wildman–Crippen LogP) is 3.43. The van der Waals surface area contributed by atoms with E-state index in [1.165, 1.54) is 5.56 Å². The standard InChI is InChI=1S/C13H14O3S/c1-9(2)11-5-3-4-10-6-7-13(12(10)8-11)16-17(14)15/h3-9H,1-2H3,(H,14,15). The zero-order valence-electron chi connectivity index (χ0n) is 9.71. The van der Waals surface area contributed by atoms with Crippen LogP contribution in [0.15, 0.2) is 36.4 Å². The van der Waals surface area contributed by atoms with Crippen LogP contribution in [-0.2, 0) is 11.4 Å². The van der Waals surface area contributed by atoms with Gasteiger partial charge in [-0.05, 0) is 29.2 Å². The third-order valence-corrected chi connectivity index (χ3v) is 3.02. The van der Waals surface area contributed by atoms with Gasteiger partial charge in [0.1, 0.15) is 5.75 Å². The molecule has 0 saturated heterocycles. The summed E-state index contributed by atoms with van der Waals surface area (Å²) in [4.78, 5) is 0. The molecule has 0 spiro atoms. The lowest BCUT2D eigenvalue weighted by Gasteiger charge is -2.04. The number of rotatable bonds is 3. The molecule has 4 heteroatoms. The van der Waals surface area contributed by atoms with Crippen molar-refractivity contribution in [1.29, 1.82) is 0 Å². The molecule has 1 unspecified atom stereocenters. The van der Waals surface area contributed by atoms with Crippen LogP contribution >= 0.6 is 0 Å². The van der Waals surface area contributed by atoms with Crippen molar-refractivity contribution in [2.45, 2.75) is 19.8 Å². The van der Waals surface area contributed by atoms with Crippen LogP contribution in [-0.4, -0.2) is 8.76 Å². The van der Waals surface area contributed by atoms with Crippen LogP contribution in [0.5, 0.6) is 5.75 Å². The molecule has 0 amide bonds. The molecule has 3 nitrogen and oxygen atoms in total. The number of hydrogen-bond donors (Lipinski definition) is 1. The highest BCUT2D eigenvalue weighted by Crippen LogP contribution is 2.35. The quantitative estimate of drug-likeness (QED) is 0.849. The third-order valence-electron chi connectivity index (χ3n) is 2.69. The number of fused-ring (bicyclic) bond motifs is 1. The van der Waals surface area contributed by atoms with Gasteiger partial charge in [-0.15, -0.1) is 0 Å². The highest BCUT2D eigenvalue weighted by atomic mass is 32.2. The van der Waals surface area contributed by atoms with E-state index in [1.54, 1.807) is 6.07 Å². The molecule has 0 fully saturated rings. The second-order valence-electron chi connectivity index (χ2n) is 4.19. The smallest absolute Gasteiger partial charge is 0.357 e. The highest BCUT2D eigenvalue weighted by molar-refractivity contribution is 7.74. The van der Waals surface area contributed by atoms with Crippen molar-refractivity contribution in [3.63, 3.8) is 0 Å². The Bertz CT molecular complexity index is 522. The lowest BCUT2D eigenvalue weighted by Crippen LogP contribution is -1.96. The summed E-state index contributed by atoms with van der Waals surface area (Å²) in [5.41, 5.74) is 3.03. The Labute approximate surface area is 103 Å². The first-order valence-electron chi connectivity index (χ1n) is 5.40. The van der Waals surface area contributed by atoms with E-state index in [-0.39, 0.29) is 0 Å². The van der Waals surface area contributed by atoms with Crippen molar-refractivity contribution in [3.8, 4) is 16.9 Å². The van der Waals surface area contributed by atoms with E-state index >= 15 is 0 Å². The Morgan fingerprint density at radius 2 is 2.00 bits per heavy atom. The summed E-state index contributed by atoms with van der Waals surface area (Å²) in [5.74, 6) is 0.840. The Morgan fingerprint density at radius 3 is 2.65 bits per heavy atom. The summed E-state index contributed by atoms with van der Waals surface area (Å²) in [5, 5.41) is 0. The van der Waals surface area contributed by atoms with Crippen LogP contribution < -0.4 is 4.18 Å². The van der Waals surface area contributed by atoms with E-state index in [0.29, 0.717) is 11.7 Å². The molecule has 0 saturated carbocycles. The lowest BCUT2D eigenvalue weighted by atomic mass is 10.0. The van der Waals surface area contributed by atoms with Crippen molar-refractivity contribution in [2.24, 2.45) is 0 Å². The maximum Gasteiger partial charge on any atom is 0.357 e. The summed E-state index contributed by atoms with van der Waals surface area (Å²) in [6, 6.07) is 11.6. The zero-order chi connectivity index (χ0) is 12.4. The molecule has 2 aliphatic carbocycles. The average Bonchev–Trinajstić information content (AvgIpc) is 2.50. The monoisotopic (exact) mass is 250 g/mol. The average molecular weight is 250 g/mol. The van der Waals surface area contributed by atoms with Gasteiger partial charge in [0.2, 0.25) is 0 Å². The van der Waals surface area contributed by atoms with Crippen LogP contribution in [0.2, 0.25) is 0 Å². The Hall–Kier alpha value is -1.39. The van der Waals surface area contributed by atoms with Crippen molar-refractivity contribution in [1.82, 2.24) is 0 Å². The van der Waals surface area contributed by atoms with Gasteiger partial charge in [-0.25, -0.2) is 0 Å². The van der Waals surface area contributed by atoms with E-state index in [1.807, 2.05) is 30.3 Å². The third kappa shape index (κ3) is 2.65. The van der Waals surface area contributed by atoms with Gasteiger partial charge in [0.05, 0.1) is 0 Å². The van der Waals surface area contributed by atoms with Crippen molar-refractivity contribution >= 4 is 11.4 Å². The normalized spacial score (nSPS) is 12.9. The van der Waals surface area contributed by atoms with E-state index in [4.69, 9.17) is 8.74 Å². The minimum absolute atomic E-state index is 0.396. The van der Waals surface area contributed by atoms with E-state index < -0.39 is 11.4 Å². The topological polar surface area (TPSA) is 46.5 Å². The van der Waals surface area contributed by atoms with Crippen molar-refractivity contribution in [2.75, 3.05) is 0 Å². The summed E-state index contributed by atoms with van der Waals surface area (Å²) in [6.45, 7) is 4.21. The molecule has 0 heterocycles. The molecular weight excluding hydrogens is 236 g/mol. The van der Waals surface area contributed by atoms with Gasteiger partial charge in [-0.2, -0.15) is 4.21 Å². The molecule has 1 N–H and O–H groups in total. The van der Waals surface area contributed by atoms with E-state index in [9.17, 15) is 4.21 Å². The first-order valence-corrected chi connectivity index (χ1v) is 6.43. The lowest BCUT2D eigenvalue weighted by molar-refractivity contribution is 0.459. The second-order valence-corrected chi connectivity index (χ2v) is 4.79. The largest absolute Gasteiger partial charge is 0.379 e. The maximum atomic E-state index is 10.7. The molecule has 0 aromatic carbocycles. The maximum absolute atomic E-state index is 10.7. The van der Waals surface area contributed by atoms with Gasteiger partial charge in [0.25, 0.3) is 0 Å². The molecule has 2 aliphatic rings. The van der Waals surface area contributed by atoms with Gasteiger partial charge in [-0.3, -0.25) is 4.55 Å². The first-order chi connectivity index (χ1) is 8.08. The Morgan fingerprint density at radius 1 is 1.24 bits per heavy atom. The molecule has 17 heavy (non-hydrogen) atoms. The van der Waals surface area contributed by atoms with Gasteiger partial charge in [-0.1, -0.05) is 38.1 Å². The Balaban J connectivity index is 2.52. The molecule has 2 rings (SSSR count).